The highest BCUT2D eigenvalue weighted by atomic mass is 79.9. The lowest BCUT2D eigenvalue weighted by Crippen LogP contribution is -2.47. The lowest BCUT2D eigenvalue weighted by molar-refractivity contribution is -0.133. The standard InChI is InChI=1S/C18H20BrN3O4/c19-14-8-11(18(24)25)3-6-16(14)26-10-12-4-5-15(21-12)17(23)22-7-1-2-13(22)9-20/h3,6,8,12-13,15,21H,1-2,4-5,7,10H2,(H,24,25)/t12-,13+,15+/m1/s1. The maximum absolute atomic E-state index is 12.6. The molecule has 0 unspecified atom stereocenters. The number of nitrogens with one attached hydrogen (secondary N) is 1. The zero-order valence-corrected chi connectivity index (χ0v) is 15.7. The second-order valence-corrected chi connectivity index (χ2v) is 7.43. The number of carbonyl (C=O) groups is 2. The van der Waals surface area contributed by atoms with E-state index >= 15 is 0 Å². The van der Waals surface area contributed by atoms with Crippen molar-refractivity contribution >= 4 is 27.8 Å². The van der Waals surface area contributed by atoms with E-state index in [0.717, 1.165) is 25.7 Å². The third kappa shape index (κ3) is 4.00. The Bertz CT molecular complexity index is 748. The summed E-state index contributed by atoms with van der Waals surface area (Å²) < 4.78 is 6.35. The number of carboxylic acid groups (broad SMARTS) is 1. The minimum absolute atomic E-state index is 0.00328. The minimum Gasteiger partial charge on any atom is -0.491 e. The van der Waals surface area contributed by atoms with Crippen LogP contribution >= 0.6 is 15.9 Å². The van der Waals surface area contributed by atoms with E-state index in [4.69, 9.17) is 15.1 Å². The van der Waals surface area contributed by atoms with E-state index in [0.29, 0.717) is 23.4 Å². The molecular formula is C18H20BrN3O4. The van der Waals surface area contributed by atoms with Gasteiger partial charge in [-0.15, -0.1) is 0 Å². The van der Waals surface area contributed by atoms with Gasteiger partial charge in [0.1, 0.15) is 18.4 Å². The van der Waals surface area contributed by atoms with E-state index in [1.165, 1.54) is 12.1 Å². The molecule has 7 nitrogen and oxygen atoms in total. The lowest BCUT2D eigenvalue weighted by Gasteiger charge is -2.24. The molecular weight excluding hydrogens is 402 g/mol. The molecule has 8 heteroatoms. The summed E-state index contributed by atoms with van der Waals surface area (Å²) in [6.07, 6.45) is 3.17. The summed E-state index contributed by atoms with van der Waals surface area (Å²) in [5, 5.41) is 21.4. The van der Waals surface area contributed by atoms with Crippen molar-refractivity contribution in [2.45, 2.75) is 43.8 Å². The topological polar surface area (TPSA) is 103 Å². The number of hydrogen-bond donors (Lipinski definition) is 2. The largest absolute Gasteiger partial charge is 0.491 e. The van der Waals surface area contributed by atoms with Crippen LogP contribution in [0, 0.1) is 11.3 Å². The number of rotatable bonds is 5. The van der Waals surface area contributed by atoms with Crippen molar-refractivity contribution < 1.29 is 19.4 Å². The number of amides is 1. The first-order valence-corrected chi connectivity index (χ1v) is 9.40. The molecule has 0 bridgehead atoms. The van der Waals surface area contributed by atoms with Crippen molar-refractivity contribution in [3.8, 4) is 11.8 Å². The van der Waals surface area contributed by atoms with Gasteiger partial charge in [-0.2, -0.15) is 5.26 Å². The smallest absolute Gasteiger partial charge is 0.335 e. The molecule has 1 aromatic carbocycles. The number of carboxylic acids is 1. The minimum atomic E-state index is -0.992. The Balaban J connectivity index is 1.53. The molecule has 0 saturated carbocycles. The van der Waals surface area contributed by atoms with Crippen molar-refractivity contribution in [3.63, 3.8) is 0 Å². The zero-order valence-electron chi connectivity index (χ0n) is 14.2. The fourth-order valence-corrected chi connectivity index (χ4v) is 3.94. The summed E-state index contributed by atoms with van der Waals surface area (Å²) in [5.74, 6) is -0.423. The third-order valence-corrected chi connectivity index (χ3v) is 5.46. The highest BCUT2D eigenvalue weighted by Gasteiger charge is 2.36. The number of halogens is 1. The van der Waals surface area contributed by atoms with Crippen molar-refractivity contribution in [3.05, 3.63) is 28.2 Å². The Morgan fingerprint density at radius 3 is 2.88 bits per heavy atom. The van der Waals surface area contributed by atoms with Gasteiger partial charge in [0, 0.05) is 12.6 Å². The number of carbonyl (C=O) groups excluding carboxylic acids is 1. The van der Waals surface area contributed by atoms with E-state index in [2.05, 4.69) is 27.3 Å². The van der Waals surface area contributed by atoms with Gasteiger partial charge in [-0.3, -0.25) is 10.1 Å². The number of likely N-dealkylation sites (tertiary alicyclic amines) is 1. The summed E-state index contributed by atoms with van der Waals surface area (Å²) in [6, 6.07) is 6.28. The van der Waals surface area contributed by atoms with Crippen LogP contribution in [0.25, 0.3) is 0 Å². The molecule has 0 radical (unpaired) electrons. The van der Waals surface area contributed by atoms with Gasteiger partial charge >= 0.3 is 5.97 Å². The Morgan fingerprint density at radius 2 is 2.19 bits per heavy atom. The van der Waals surface area contributed by atoms with Gasteiger partial charge < -0.3 is 14.7 Å². The first-order chi connectivity index (χ1) is 12.5. The van der Waals surface area contributed by atoms with Crippen LogP contribution in [0.2, 0.25) is 0 Å². The second-order valence-electron chi connectivity index (χ2n) is 6.57. The fourth-order valence-electron chi connectivity index (χ4n) is 3.45. The maximum atomic E-state index is 12.6. The van der Waals surface area contributed by atoms with Gasteiger partial charge in [-0.1, -0.05) is 0 Å². The van der Waals surface area contributed by atoms with Crippen molar-refractivity contribution in [1.82, 2.24) is 10.2 Å². The van der Waals surface area contributed by atoms with Gasteiger partial charge in [0.2, 0.25) is 5.91 Å². The number of ether oxygens (including phenoxy) is 1. The molecule has 2 heterocycles. The number of nitriles is 1. The quantitative estimate of drug-likeness (QED) is 0.754. The molecule has 3 rings (SSSR count). The maximum Gasteiger partial charge on any atom is 0.335 e. The molecule has 2 aliphatic heterocycles. The summed E-state index contributed by atoms with van der Waals surface area (Å²) >= 11 is 3.32. The zero-order chi connectivity index (χ0) is 18.7. The van der Waals surface area contributed by atoms with E-state index in [-0.39, 0.29) is 29.6 Å². The highest BCUT2D eigenvalue weighted by molar-refractivity contribution is 9.10. The first-order valence-electron chi connectivity index (χ1n) is 8.61. The van der Waals surface area contributed by atoms with Crippen LogP contribution in [-0.2, 0) is 4.79 Å². The average molecular weight is 422 g/mol. The van der Waals surface area contributed by atoms with Crippen LogP contribution in [-0.4, -0.2) is 53.2 Å². The molecule has 2 N–H and O–H groups in total. The van der Waals surface area contributed by atoms with Crippen LogP contribution in [0.15, 0.2) is 22.7 Å². The Hall–Kier alpha value is -2.11. The molecule has 138 valence electrons. The molecule has 1 aromatic rings. The normalized spacial score (nSPS) is 25.1. The SMILES string of the molecule is N#C[C@@H]1CCCN1C(=O)[C@@H]1CC[C@H](COc2ccc(C(=O)O)cc2Br)N1. The Kier molecular flexibility index (Phi) is 5.79. The van der Waals surface area contributed by atoms with Crippen LogP contribution in [0.5, 0.6) is 5.75 Å². The Labute approximate surface area is 160 Å². The van der Waals surface area contributed by atoms with E-state index < -0.39 is 5.97 Å². The van der Waals surface area contributed by atoms with Crippen LogP contribution in [0.3, 0.4) is 0 Å². The molecule has 2 fully saturated rings. The van der Waals surface area contributed by atoms with E-state index in [9.17, 15) is 9.59 Å². The number of hydrogen-bond acceptors (Lipinski definition) is 5. The molecule has 3 atom stereocenters. The van der Waals surface area contributed by atoms with Crippen LogP contribution in [0.4, 0.5) is 0 Å². The van der Waals surface area contributed by atoms with Gasteiger partial charge in [0.25, 0.3) is 0 Å². The molecule has 0 aromatic heterocycles. The van der Waals surface area contributed by atoms with E-state index in [1.807, 2.05) is 0 Å². The highest BCUT2D eigenvalue weighted by Crippen LogP contribution is 2.27. The molecule has 1 amide bonds. The fraction of sp³-hybridized carbons (Fsp3) is 0.500. The number of nitrogens with zero attached hydrogens (tertiary/aromatic N) is 2. The van der Waals surface area contributed by atoms with Crippen molar-refractivity contribution in [2.75, 3.05) is 13.2 Å². The average Bonchev–Trinajstić information content (AvgIpc) is 3.29. The van der Waals surface area contributed by atoms with Gasteiger partial charge in [-0.05, 0) is 59.8 Å². The third-order valence-electron chi connectivity index (χ3n) is 4.84. The molecule has 2 saturated heterocycles. The molecule has 2 aliphatic rings. The Morgan fingerprint density at radius 1 is 1.38 bits per heavy atom. The predicted molar refractivity (Wildman–Crippen MR) is 96.9 cm³/mol. The molecule has 0 spiro atoms. The first kappa shape index (κ1) is 18.7. The van der Waals surface area contributed by atoms with Crippen molar-refractivity contribution in [2.24, 2.45) is 0 Å². The lowest BCUT2D eigenvalue weighted by atomic mass is 10.1. The van der Waals surface area contributed by atoms with Gasteiger partial charge in [0.15, 0.2) is 0 Å². The number of benzene rings is 1. The van der Waals surface area contributed by atoms with Gasteiger partial charge in [0.05, 0.1) is 22.1 Å². The second kappa shape index (κ2) is 8.06. The summed E-state index contributed by atoms with van der Waals surface area (Å²) in [4.78, 5) is 25.2. The summed E-state index contributed by atoms with van der Waals surface area (Å²) in [6.45, 7) is 1.04. The monoisotopic (exact) mass is 421 g/mol. The molecule has 26 heavy (non-hydrogen) atoms. The number of aromatic carboxylic acids is 1. The van der Waals surface area contributed by atoms with E-state index in [1.54, 1.807) is 11.0 Å². The predicted octanol–water partition coefficient (Wildman–Crippen LogP) is 2.16. The molecule has 0 aliphatic carbocycles. The van der Waals surface area contributed by atoms with Crippen LogP contribution < -0.4 is 10.1 Å². The van der Waals surface area contributed by atoms with Gasteiger partial charge in [-0.25, -0.2) is 4.79 Å². The van der Waals surface area contributed by atoms with Crippen molar-refractivity contribution in [1.29, 1.82) is 5.26 Å². The summed E-state index contributed by atoms with van der Waals surface area (Å²) in [7, 11) is 0. The summed E-state index contributed by atoms with van der Waals surface area (Å²) in [5.41, 5.74) is 0.187. The van der Waals surface area contributed by atoms with Crippen LogP contribution in [0.1, 0.15) is 36.0 Å².